The Morgan fingerprint density at radius 1 is 0.865 bits per heavy atom. The summed E-state index contributed by atoms with van der Waals surface area (Å²) in [7, 11) is 3.42. The molecule has 4 N–H and O–H groups in total. The van der Waals surface area contributed by atoms with Gasteiger partial charge in [0.25, 0.3) is 0 Å². The molecule has 7 heterocycles. The van der Waals surface area contributed by atoms with Crippen molar-refractivity contribution in [3.63, 3.8) is 0 Å². The zero-order valence-corrected chi connectivity index (χ0v) is 41.5. The van der Waals surface area contributed by atoms with E-state index in [0.29, 0.717) is 83.9 Å². The van der Waals surface area contributed by atoms with Crippen LogP contribution in [0.15, 0.2) is 91.4 Å². The van der Waals surface area contributed by atoms with E-state index in [4.69, 9.17) is 49.7 Å². The van der Waals surface area contributed by atoms with Gasteiger partial charge in [-0.05, 0) is 90.6 Å². The normalized spacial score (nSPS) is 22.8. The standard InChI is InChI=1S/C53H50ClFN6O12S/c1-60-15-17-61(18-16-60)22-33-24-68-32-8-11-37(70-23-30-13-14-56-49(59-30)27-3-6-31(7-4-27)69-25-40-45(62)46(63)47(64)53(67-2)73-40)28(19-32)20-39(52(65)66)72-50-43-42-35-10-12-38(71-33)44(54)41(35)36-21-29(55)5-9-34(36)48(42)74-51(43)58-26-57-50/h3-14,19,21,26,33,39-40,45-47,53,62-64H,15-18,20,22-25H2,1-2H3,(H,65,66)/t33-,39-,40-,45-,46+,47+,53+/m1/s1. The summed E-state index contributed by atoms with van der Waals surface area (Å²) < 4.78 is 58.7. The molecule has 2 saturated heterocycles. The lowest BCUT2D eigenvalue weighted by Gasteiger charge is -2.39. The molecule has 8 aromatic rings. The Labute approximate surface area is 431 Å². The van der Waals surface area contributed by atoms with Gasteiger partial charge in [0.1, 0.15) is 90.3 Å². The maximum Gasteiger partial charge on any atom is 0.345 e. The molecule has 4 aliphatic heterocycles. The summed E-state index contributed by atoms with van der Waals surface area (Å²) in [5.41, 5.74) is 1.67. The fourth-order valence-corrected chi connectivity index (χ4v) is 11.1. The van der Waals surface area contributed by atoms with Crippen LogP contribution in [0.5, 0.6) is 28.9 Å². The third-order valence-corrected chi connectivity index (χ3v) is 15.1. The molecule has 0 aliphatic carbocycles. The number of hydrogen-bond donors (Lipinski definition) is 4. The van der Waals surface area contributed by atoms with Crippen molar-refractivity contribution >= 4 is 70.8 Å². The fourth-order valence-electron chi connectivity index (χ4n) is 9.65. The van der Waals surface area contributed by atoms with Gasteiger partial charge in [-0.1, -0.05) is 17.7 Å². The highest BCUT2D eigenvalue weighted by Crippen LogP contribution is 2.49. The average molecular weight is 1050 g/mol. The number of aliphatic hydroxyl groups excluding tert-OH is 3. The molecule has 2 fully saturated rings. The minimum atomic E-state index is -1.48. The minimum Gasteiger partial charge on any atom is -0.491 e. The van der Waals surface area contributed by atoms with Crippen LogP contribution in [0, 0.1) is 5.82 Å². The summed E-state index contributed by atoms with van der Waals surface area (Å²) in [5, 5.41) is 45.6. The first-order valence-corrected chi connectivity index (χ1v) is 25.1. The van der Waals surface area contributed by atoms with Gasteiger partial charge in [0.2, 0.25) is 12.0 Å². The lowest BCUT2D eigenvalue weighted by atomic mass is 9.97. The average Bonchev–Trinajstić information content (AvgIpc) is 3.81. The Hall–Kier alpha value is -6.59. The van der Waals surface area contributed by atoms with Crippen LogP contribution >= 0.6 is 22.9 Å². The van der Waals surface area contributed by atoms with Crippen LogP contribution in [0.1, 0.15) is 11.3 Å². The number of piperazine rings is 1. The fraction of sp³-hybridized carbons (Fsp3) is 0.340. The Balaban J connectivity index is 0.902. The van der Waals surface area contributed by atoms with Gasteiger partial charge in [-0.2, -0.15) is 0 Å². The van der Waals surface area contributed by atoms with E-state index in [9.17, 15) is 25.2 Å². The number of hydrogen-bond acceptors (Lipinski definition) is 18. The Bertz CT molecular complexity index is 3380. The van der Waals surface area contributed by atoms with E-state index in [1.807, 2.05) is 6.07 Å². The predicted molar refractivity (Wildman–Crippen MR) is 272 cm³/mol. The number of ether oxygens (including phenoxy) is 7. The van der Waals surface area contributed by atoms with E-state index in [1.165, 1.54) is 36.9 Å². The van der Waals surface area contributed by atoms with Crippen molar-refractivity contribution in [2.24, 2.45) is 0 Å². The molecule has 3 aromatic heterocycles. The van der Waals surface area contributed by atoms with Gasteiger partial charge >= 0.3 is 5.97 Å². The summed E-state index contributed by atoms with van der Waals surface area (Å²) >= 11 is 8.75. The zero-order valence-electron chi connectivity index (χ0n) is 40.0. The molecule has 0 radical (unpaired) electrons. The molecular formula is C53H50ClFN6O12S. The van der Waals surface area contributed by atoms with Crippen molar-refractivity contribution in [1.82, 2.24) is 29.7 Å². The highest BCUT2D eigenvalue weighted by Gasteiger charge is 2.44. The van der Waals surface area contributed by atoms with Gasteiger partial charge in [0, 0.05) is 84.4 Å². The monoisotopic (exact) mass is 1050 g/mol. The van der Waals surface area contributed by atoms with Crippen LogP contribution in [0.2, 0.25) is 5.02 Å². The summed E-state index contributed by atoms with van der Waals surface area (Å²) in [6.45, 7) is 3.88. The molecule has 6 bridgehead atoms. The van der Waals surface area contributed by atoms with Crippen LogP contribution in [0.25, 0.3) is 53.2 Å². The third kappa shape index (κ3) is 9.92. The summed E-state index contributed by atoms with van der Waals surface area (Å²) in [6, 6.07) is 22.1. The SMILES string of the molecule is CO[C@H]1O[C@H](COc2ccc(-c3nccc(COc4ccc5cc4C[C@H](C(=O)O)Oc4ncnc6sc7c8ccc(F)cc8c8c(Cl)c(ccc8c7c46)O[C@H](CN4CCN(C)CC4)CO5)n3)cc2)[C@@H](O)[C@H](O)[C@@H]1O. The number of rotatable bonds is 11. The highest BCUT2D eigenvalue weighted by molar-refractivity contribution is 7.26. The van der Waals surface area contributed by atoms with Gasteiger partial charge in [-0.15, -0.1) is 11.3 Å². The number of fused-ring (bicyclic) bond motifs is 8. The summed E-state index contributed by atoms with van der Waals surface area (Å²) in [6.07, 6.45) is -5.60. The van der Waals surface area contributed by atoms with Crippen LogP contribution in [-0.4, -0.2) is 159 Å². The molecule has 74 heavy (non-hydrogen) atoms. The van der Waals surface area contributed by atoms with Crippen LogP contribution in [0.4, 0.5) is 4.39 Å². The van der Waals surface area contributed by atoms with Gasteiger partial charge in [-0.25, -0.2) is 29.1 Å². The summed E-state index contributed by atoms with van der Waals surface area (Å²) in [4.78, 5) is 36.8. The number of carboxylic acid groups (broad SMARTS) is 1. The van der Waals surface area contributed by atoms with Crippen molar-refractivity contribution in [2.45, 2.75) is 55.9 Å². The lowest BCUT2D eigenvalue weighted by molar-refractivity contribution is -0.293. The molecule has 4 aliphatic rings. The number of halogens is 2. The lowest BCUT2D eigenvalue weighted by Crippen LogP contribution is -2.59. The molecule has 384 valence electrons. The first kappa shape index (κ1) is 49.6. The second-order valence-electron chi connectivity index (χ2n) is 18.5. The van der Waals surface area contributed by atoms with Gasteiger partial charge < -0.3 is 58.5 Å². The van der Waals surface area contributed by atoms with E-state index in [0.717, 1.165) is 36.3 Å². The van der Waals surface area contributed by atoms with E-state index >= 15 is 4.39 Å². The second kappa shape index (κ2) is 21.0. The van der Waals surface area contributed by atoms with Crippen LogP contribution in [-0.2, 0) is 27.3 Å². The molecule has 12 rings (SSSR count). The van der Waals surface area contributed by atoms with Crippen molar-refractivity contribution in [1.29, 1.82) is 0 Å². The van der Waals surface area contributed by atoms with E-state index in [1.54, 1.807) is 66.9 Å². The number of nitrogens with zero attached hydrogens (tertiary/aromatic N) is 6. The Kier molecular flexibility index (Phi) is 14.1. The molecule has 0 amide bonds. The molecule has 5 aromatic carbocycles. The van der Waals surface area contributed by atoms with E-state index in [-0.39, 0.29) is 37.1 Å². The molecule has 7 atom stereocenters. The minimum absolute atomic E-state index is 0.0184. The quantitative estimate of drug-likeness (QED) is 0.105. The molecule has 0 unspecified atom stereocenters. The number of carboxylic acids is 1. The topological polar surface area (TPSA) is 221 Å². The van der Waals surface area contributed by atoms with Crippen molar-refractivity contribution in [3.05, 3.63) is 113 Å². The smallest absolute Gasteiger partial charge is 0.345 e. The molecule has 0 spiro atoms. The molecule has 21 heteroatoms. The van der Waals surface area contributed by atoms with Crippen molar-refractivity contribution in [3.8, 4) is 40.3 Å². The molecular weight excluding hydrogens is 999 g/mol. The molecule has 18 nitrogen and oxygen atoms in total. The number of methoxy groups -OCH3 is 1. The number of aromatic nitrogens is 4. The van der Waals surface area contributed by atoms with Crippen molar-refractivity contribution in [2.75, 3.05) is 60.1 Å². The van der Waals surface area contributed by atoms with Gasteiger partial charge in [0.15, 0.2) is 12.1 Å². The Morgan fingerprint density at radius 2 is 1.68 bits per heavy atom. The summed E-state index contributed by atoms with van der Waals surface area (Å²) in [5.74, 6) is 0.392. The number of likely N-dealkylation sites (N-methyl/N-ethyl adjacent to an activating group) is 1. The van der Waals surface area contributed by atoms with Crippen molar-refractivity contribution < 1.29 is 62.8 Å². The molecule has 0 saturated carbocycles. The first-order valence-electron chi connectivity index (χ1n) is 23.9. The number of aliphatic carboxylic acids is 1. The van der Waals surface area contributed by atoms with E-state index < -0.39 is 54.7 Å². The Morgan fingerprint density at radius 3 is 2.47 bits per heavy atom. The van der Waals surface area contributed by atoms with E-state index in [2.05, 4.69) is 31.8 Å². The zero-order chi connectivity index (χ0) is 51.2. The number of benzene rings is 5. The second-order valence-corrected chi connectivity index (χ2v) is 19.9. The number of aliphatic hydroxyl groups is 3. The third-order valence-electron chi connectivity index (χ3n) is 13.6. The largest absolute Gasteiger partial charge is 0.491 e. The van der Waals surface area contributed by atoms with Gasteiger partial charge in [-0.3, -0.25) is 4.90 Å². The number of carbonyl (C=O) groups is 1. The van der Waals surface area contributed by atoms with Crippen LogP contribution < -0.4 is 23.7 Å². The maximum absolute atomic E-state index is 15.2. The van der Waals surface area contributed by atoms with Crippen LogP contribution in [0.3, 0.4) is 0 Å². The maximum atomic E-state index is 15.2. The predicted octanol–water partition coefficient (Wildman–Crippen LogP) is 6.27. The van der Waals surface area contributed by atoms with Gasteiger partial charge in [0.05, 0.1) is 16.1 Å². The number of thiophene rings is 1. The highest BCUT2D eigenvalue weighted by atomic mass is 35.5. The first-order chi connectivity index (χ1) is 35.9.